The molecule has 2 N–H and O–H groups in total. The second kappa shape index (κ2) is 5.72. The number of hydrogen-bond acceptors (Lipinski definition) is 5. The molecule has 0 saturated heterocycles. The Morgan fingerprint density at radius 2 is 2.05 bits per heavy atom. The predicted octanol–water partition coefficient (Wildman–Crippen LogP) is 2.92. The lowest BCUT2D eigenvalue weighted by molar-refractivity contribution is -0.137. The molecule has 1 aromatic heterocycles. The zero-order valence-electron chi connectivity index (χ0n) is 11.4. The molecule has 1 atom stereocenters. The lowest BCUT2D eigenvalue weighted by Gasteiger charge is -2.08. The highest BCUT2D eigenvalue weighted by Gasteiger charge is 2.31. The van der Waals surface area contributed by atoms with Gasteiger partial charge in [-0.3, -0.25) is 0 Å². The van der Waals surface area contributed by atoms with E-state index < -0.39 is 11.7 Å². The maximum Gasteiger partial charge on any atom is 0.416 e. The molecule has 0 amide bonds. The molecule has 0 aliphatic heterocycles. The largest absolute Gasteiger partial charge is 0.416 e. The van der Waals surface area contributed by atoms with E-state index in [2.05, 4.69) is 10.1 Å². The molecule has 21 heavy (non-hydrogen) atoms. The number of methoxy groups -OCH3 is 1. The number of rotatable bonds is 4. The van der Waals surface area contributed by atoms with E-state index in [9.17, 15) is 13.2 Å². The summed E-state index contributed by atoms with van der Waals surface area (Å²) >= 11 is 0. The Kier molecular flexibility index (Phi) is 4.17. The average Bonchev–Trinajstić information content (AvgIpc) is 2.85. The fraction of sp³-hybridized carbons (Fsp3) is 0.385. The molecule has 0 aliphatic rings. The zero-order valence-corrected chi connectivity index (χ0v) is 11.4. The van der Waals surface area contributed by atoms with Crippen LogP contribution in [0, 0.1) is 0 Å². The Morgan fingerprint density at radius 3 is 2.67 bits per heavy atom. The summed E-state index contributed by atoms with van der Waals surface area (Å²) in [6, 6.07) is 3.13. The molecule has 1 unspecified atom stereocenters. The van der Waals surface area contributed by atoms with Crippen LogP contribution in [0.2, 0.25) is 0 Å². The van der Waals surface area contributed by atoms with Gasteiger partial charge in [-0.2, -0.15) is 18.2 Å². The van der Waals surface area contributed by atoms with E-state index in [1.807, 2.05) is 6.92 Å². The standard InChI is InChI=1S/C13H14F3N3O2/c1-7(20-2)3-11-18-12(21-19-11)8-4-9(13(14,15)16)6-10(17)5-8/h4-7H,3,17H2,1-2H3. The number of ether oxygens (including phenoxy) is 1. The van der Waals surface area contributed by atoms with Gasteiger partial charge >= 0.3 is 6.18 Å². The third-order valence-corrected chi connectivity index (χ3v) is 2.87. The normalized spacial score (nSPS) is 13.4. The van der Waals surface area contributed by atoms with Crippen LogP contribution in [-0.2, 0) is 17.3 Å². The maximum atomic E-state index is 12.7. The van der Waals surface area contributed by atoms with Crippen LogP contribution in [0.1, 0.15) is 18.3 Å². The summed E-state index contributed by atoms with van der Waals surface area (Å²) in [5.74, 6) is 0.349. The van der Waals surface area contributed by atoms with Crippen molar-refractivity contribution < 1.29 is 22.4 Å². The van der Waals surface area contributed by atoms with E-state index in [0.717, 1.165) is 12.1 Å². The van der Waals surface area contributed by atoms with Crippen molar-refractivity contribution in [2.75, 3.05) is 12.8 Å². The first kappa shape index (κ1) is 15.3. The molecule has 0 spiro atoms. The van der Waals surface area contributed by atoms with Crippen molar-refractivity contribution in [3.63, 3.8) is 0 Å². The Balaban J connectivity index is 2.32. The summed E-state index contributed by atoms with van der Waals surface area (Å²) in [4.78, 5) is 4.05. The smallest absolute Gasteiger partial charge is 0.399 e. The van der Waals surface area contributed by atoms with Gasteiger partial charge in [-0.15, -0.1) is 0 Å². The van der Waals surface area contributed by atoms with Gasteiger partial charge in [0.15, 0.2) is 5.82 Å². The molecule has 8 heteroatoms. The van der Waals surface area contributed by atoms with Crippen molar-refractivity contribution in [2.24, 2.45) is 0 Å². The minimum absolute atomic E-state index is 0.00824. The van der Waals surface area contributed by atoms with E-state index in [1.165, 1.54) is 6.07 Å². The first-order valence-electron chi connectivity index (χ1n) is 6.13. The molecule has 1 heterocycles. The van der Waals surface area contributed by atoms with E-state index >= 15 is 0 Å². The Hall–Kier alpha value is -2.09. The molecule has 2 aromatic rings. The molecular formula is C13H14F3N3O2. The van der Waals surface area contributed by atoms with Crippen molar-refractivity contribution in [3.8, 4) is 11.5 Å². The number of hydrogen-bond donors (Lipinski definition) is 1. The minimum atomic E-state index is -4.49. The number of anilines is 1. The zero-order chi connectivity index (χ0) is 15.6. The Morgan fingerprint density at radius 1 is 1.33 bits per heavy atom. The number of benzene rings is 1. The topological polar surface area (TPSA) is 74.2 Å². The van der Waals surface area contributed by atoms with Gasteiger partial charge in [-0.1, -0.05) is 5.16 Å². The summed E-state index contributed by atoms with van der Waals surface area (Å²) in [5, 5.41) is 3.71. The van der Waals surface area contributed by atoms with Gasteiger partial charge in [0.25, 0.3) is 5.89 Å². The summed E-state index contributed by atoms with van der Waals surface area (Å²) < 4.78 is 48.3. The molecule has 5 nitrogen and oxygen atoms in total. The van der Waals surface area contributed by atoms with Crippen molar-refractivity contribution >= 4 is 5.69 Å². The number of nitrogens with two attached hydrogens (primary N) is 1. The third kappa shape index (κ3) is 3.72. The highest BCUT2D eigenvalue weighted by molar-refractivity contribution is 5.62. The number of alkyl halides is 3. The second-order valence-electron chi connectivity index (χ2n) is 4.61. The van der Waals surface area contributed by atoms with Crippen LogP contribution in [0.4, 0.5) is 18.9 Å². The maximum absolute atomic E-state index is 12.7. The SMILES string of the molecule is COC(C)Cc1noc(-c2cc(N)cc(C(F)(F)F)c2)n1. The molecule has 0 fully saturated rings. The van der Waals surface area contributed by atoms with Gasteiger partial charge in [-0.25, -0.2) is 0 Å². The monoisotopic (exact) mass is 301 g/mol. The fourth-order valence-electron chi connectivity index (χ4n) is 1.73. The van der Waals surface area contributed by atoms with E-state index in [4.69, 9.17) is 15.0 Å². The summed E-state index contributed by atoms with van der Waals surface area (Å²) in [6.07, 6.45) is -4.21. The van der Waals surface area contributed by atoms with Crippen molar-refractivity contribution in [3.05, 3.63) is 29.6 Å². The molecule has 2 rings (SSSR count). The van der Waals surface area contributed by atoms with Gasteiger partial charge in [0.2, 0.25) is 0 Å². The number of halogens is 3. The van der Waals surface area contributed by atoms with E-state index in [1.54, 1.807) is 7.11 Å². The summed E-state index contributed by atoms with van der Waals surface area (Å²) in [7, 11) is 1.54. The molecule has 0 bridgehead atoms. The fourth-order valence-corrected chi connectivity index (χ4v) is 1.73. The van der Waals surface area contributed by atoms with Crippen molar-refractivity contribution in [1.29, 1.82) is 0 Å². The van der Waals surface area contributed by atoms with Gasteiger partial charge in [0.1, 0.15) is 0 Å². The van der Waals surface area contributed by atoms with E-state index in [-0.39, 0.29) is 23.2 Å². The minimum Gasteiger partial charge on any atom is -0.399 e. The van der Waals surface area contributed by atoms with Crippen LogP contribution in [-0.4, -0.2) is 23.4 Å². The first-order chi connectivity index (χ1) is 9.79. The second-order valence-corrected chi connectivity index (χ2v) is 4.61. The Labute approximate surface area is 118 Å². The molecule has 1 aromatic carbocycles. The molecule has 114 valence electrons. The van der Waals surface area contributed by atoms with Crippen molar-refractivity contribution in [1.82, 2.24) is 10.1 Å². The lowest BCUT2D eigenvalue weighted by atomic mass is 10.1. The van der Waals surface area contributed by atoms with Crippen LogP contribution < -0.4 is 5.73 Å². The predicted molar refractivity (Wildman–Crippen MR) is 69.3 cm³/mol. The van der Waals surface area contributed by atoms with Gasteiger partial charge < -0.3 is 15.0 Å². The first-order valence-corrected chi connectivity index (χ1v) is 6.13. The van der Waals surface area contributed by atoms with Crippen LogP contribution in [0.15, 0.2) is 22.7 Å². The number of aromatic nitrogens is 2. The quantitative estimate of drug-likeness (QED) is 0.879. The highest BCUT2D eigenvalue weighted by atomic mass is 19.4. The molecular weight excluding hydrogens is 287 g/mol. The lowest BCUT2D eigenvalue weighted by Crippen LogP contribution is -2.09. The van der Waals surface area contributed by atoms with Gasteiger partial charge in [-0.05, 0) is 25.1 Å². The van der Waals surface area contributed by atoms with Crippen LogP contribution >= 0.6 is 0 Å². The van der Waals surface area contributed by atoms with Gasteiger partial charge in [0, 0.05) is 24.8 Å². The third-order valence-electron chi connectivity index (χ3n) is 2.87. The molecule has 0 aliphatic carbocycles. The average molecular weight is 301 g/mol. The van der Waals surface area contributed by atoms with Crippen molar-refractivity contribution in [2.45, 2.75) is 25.6 Å². The van der Waals surface area contributed by atoms with E-state index in [0.29, 0.717) is 12.2 Å². The van der Waals surface area contributed by atoms with Crippen LogP contribution in [0.3, 0.4) is 0 Å². The Bertz CT molecular complexity index is 625. The summed E-state index contributed by atoms with van der Waals surface area (Å²) in [6.45, 7) is 1.82. The van der Waals surface area contributed by atoms with Crippen LogP contribution in [0.5, 0.6) is 0 Å². The van der Waals surface area contributed by atoms with Crippen LogP contribution in [0.25, 0.3) is 11.5 Å². The molecule has 0 radical (unpaired) electrons. The summed E-state index contributed by atoms with van der Waals surface area (Å²) in [5.41, 5.74) is 4.74. The highest BCUT2D eigenvalue weighted by Crippen LogP contribution is 2.33. The van der Waals surface area contributed by atoms with Gasteiger partial charge in [0.05, 0.1) is 11.7 Å². The number of nitrogen functional groups attached to an aromatic ring is 1. The number of nitrogens with zero attached hydrogens (tertiary/aromatic N) is 2. The molecule has 0 saturated carbocycles.